The third kappa shape index (κ3) is 1.37. The molecule has 0 saturated carbocycles. The number of hydrogen-bond acceptors (Lipinski definition) is 1. The third-order valence-corrected chi connectivity index (χ3v) is 3.13. The van der Waals surface area contributed by atoms with E-state index in [1.54, 1.807) is 6.08 Å². The van der Waals surface area contributed by atoms with E-state index < -0.39 is 0 Å². The summed E-state index contributed by atoms with van der Waals surface area (Å²) in [6.45, 7) is 8.60. The highest BCUT2D eigenvalue weighted by atomic mass is 16.1. The van der Waals surface area contributed by atoms with Crippen LogP contribution >= 0.6 is 0 Å². The number of rotatable bonds is 0. The summed E-state index contributed by atoms with van der Waals surface area (Å²) in [6, 6.07) is 0. The van der Waals surface area contributed by atoms with Gasteiger partial charge in [-0.15, -0.1) is 0 Å². The van der Waals surface area contributed by atoms with Crippen molar-refractivity contribution in [3.63, 3.8) is 0 Å². The summed E-state index contributed by atoms with van der Waals surface area (Å²) < 4.78 is 0. The highest BCUT2D eigenvalue weighted by molar-refractivity contribution is 5.91. The molecule has 0 aromatic rings. The fraction of sp³-hybridized carbons (Fsp3) is 0.700. The summed E-state index contributed by atoms with van der Waals surface area (Å²) >= 11 is 0. The van der Waals surface area contributed by atoms with Crippen molar-refractivity contribution < 1.29 is 4.79 Å². The Morgan fingerprint density at radius 2 is 2.09 bits per heavy atom. The van der Waals surface area contributed by atoms with Gasteiger partial charge >= 0.3 is 0 Å². The molecule has 1 aliphatic carbocycles. The molecule has 0 saturated heterocycles. The largest absolute Gasteiger partial charge is 0.295 e. The molecule has 0 amide bonds. The smallest absolute Gasteiger partial charge is 0.155 e. The van der Waals surface area contributed by atoms with Gasteiger partial charge in [-0.3, -0.25) is 4.79 Å². The van der Waals surface area contributed by atoms with Crippen LogP contribution in [0.4, 0.5) is 0 Å². The maximum Gasteiger partial charge on any atom is 0.155 e. The van der Waals surface area contributed by atoms with Gasteiger partial charge in [-0.25, -0.2) is 0 Å². The molecule has 11 heavy (non-hydrogen) atoms. The van der Waals surface area contributed by atoms with Gasteiger partial charge in [0.1, 0.15) is 0 Å². The Morgan fingerprint density at radius 3 is 2.55 bits per heavy atom. The zero-order valence-electron chi connectivity index (χ0n) is 7.77. The van der Waals surface area contributed by atoms with Crippen LogP contribution in [-0.4, -0.2) is 5.78 Å². The summed E-state index contributed by atoms with van der Waals surface area (Å²) in [5, 5.41) is 0. The molecule has 0 aromatic heterocycles. The molecule has 0 heterocycles. The second-order valence-electron chi connectivity index (χ2n) is 4.12. The topological polar surface area (TPSA) is 17.1 Å². The minimum Gasteiger partial charge on any atom is -0.295 e. The maximum absolute atomic E-state index is 11.1. The molecule has 62 valence electrons. The van der Waals surface area contributed by atoms with Gasteiger partial charge in [0.25, 0.3) is 0 Å². The minimum absolute atomic E-state index is 0.216. The van der Waals surface area contributed by atoms with Gasteiger partial charge in [-0.05, 0) is 24.3 Å². The average Bonchev–Trinajstić information content (AvgIpc) is 1.84. The van der Waals surface area contributed by atoms with Crippen LogP contribution in [0.3, 0.4) is 0 Å². The average molecular weight is 152 g/mol. The van der Waals surface area contributed by atoms with Gasteiger partial charge in [0, 0.05) is 6.42 Å². The van der Waals surface area contributed by atoms with Crippen molar-refractivity contribution in [2.24, 2.45) is 11.3 Å². The van der Waals surface area contributed by atoms with E-state index in [4.69, 9.17) is 0 Å². The molecule has 0 N–H and O–H groups in total. The van der Waals surface area contributed by atoms with Crippen molar-refractivity contribution >= 4 is 5.78 Å². The van der Waals surface area contributed by atoms with Gasteiger partial charge in [0.15, 0.2) is 5.78 Å². The molecule has 0 fully saturated rings. The molecule has 0 aromatic carbocycles. The fourth-order valence-corrected chi connectivity index (χ4v) is 1.43. The van der Waals surface area contributed by atoms with E-state index in [0.717, 1.165) is 0 Å². The van der Waals surface area contributed by atoms with E-state index in [0.29, 0.717) is 12.3 Å². The molecule has 0 aliphatic heterocycles. The Kier molecular flexibility index (Phi) is 1.91. The Labute approximate surface area is 68.5 Å². The normalized spacial score (nSPS) is 30.0. The Hall–Kier alpha value is -0.590. The highest BCUT2D eigenvalue weighted by Gasteiger charge is 2.32. The predicted molar refractivity (Wildman–Crippen MR) is 46.3 cm³/mol. The number of ketones is 1. The first-order valence-corrected chi connectivity index (χ1v) is 4.16. The van der Waals surface area contributed by atoms with Crippen LogP contribution < -0.4 is 0 Å². The quantitative estimate of drug-likeness (QED) is 0.521. The first-order chi connectivity index (χ1) is 4.94. The van der Waals surface area contributed by atoms with Crippen LogP contribution in [-0.2, 0) is 4.79 Å². The van der Waals surface area contributed by atoms with Gasteiger partial charge in [-0.1, -0.05) is 26.3 Å². The first kappa shape index (κ1) is 8.51. The number of allylic oxidation sites excluding steroid dienone is 2. The monoisotopic (exact) mass is 152 g/mol. The van der Waals surface area contributed by atoms with Crippen LogP contribution in [0.2, 0.25) is 0 Å². The lowest BCUT2D eigenvalue weighted by atomic mass is 9.69. The third-order valence-electron chi connectivity index (χ3n) is 3.13. The zero-order chi connectivity index (χ0) is 8.65. The van der Waals surface area contributed by atoms with Gasteiger partial charge in [0.05, 0.1) is 0 Å². The lowest BCUT2D eigenvalue weighted by molar-refractivity contribution is -0.116. The maximum atomic E-state index is 11.1. The van der Waals surface area contributed by atoms with Crippen LogP contribution in [0.15, 0.2) is 11.6 Å². The van der Waals surface area contributed by atoms with Crippen molar-refractivity contribution in [2.45, 2.75) is 34.1 Å². The van der Waals surface area contributed by atoms with Crippen molar-refractivity contribution in [1.29, 1.82) is 0 Å². The second kappa shape index (κ2) is 2.47. The molecule has 1 rings (SSSR count). The van der Waals surface area contributed by atoms with Gasteiger partial charge in [0.2, 0.25) is 0 Å². The Balaban J connectivity index is 2.99. The number of carbonyl (C=O) groups is 1. The second-order valence-corrected chi connectivity index (χ2v) is 4.12. The minimum atomic E-state index is 0.216. The molecule has 0 radical (unpaired) electrons. The molecule has 0 bridgehead atoms. The van der Waals surface area contributed by atoms with Crippen molar-refractivity contribution in [3.8, 4) is 0 Å². The Bertz CT molecular complexity index is 211. The standard InChI is InChI=1S/C10H16O/c1-7-5-9(11)6-8(2)10(7,3)4/h5,8H,6H2,1-4H3. The molecule has 0 spiro atoms. The van der Waals surface area contributed by atoms with Gasteiger partial charge in [-0.2, -0.15) is 0 Å². The van der Waals surface area contributed by atoms with Crippen LogP contribution in [0.5, 0.6) is 0 Å². The fourth-order valence-electron chi connectivity index (χ4n) is 1.43. The van der Waals surface area contributed by atoms with E-state index in [1.807, 2.05) is 6.92 Å². The molecule has 1 nitrogen and oxygen atoms in total. The Morgan fingerprint density at radius 1 is 1.55 bits per heavy atom. The molecule has 1 heteroatoms. The summed E-state index contributed by atoms with van der Waals surface area (Å²) in [6.07, 6.45) is 2.50. The van der Waals surface area contributed by atoms with E-state index in [1.165, 1.54) is 5.57 Å². The predicted octanol–water partition coefficient (Wildman–Crippen LogP) is 2.57. The van der Waals surface area contributed by atoms with Crippen LogP contribution in [0, 0.1) is 11.3 Å². The van der Waals surface area contributed by atoms with Crippen molar-refractivity contribution in [2.75, 3.05) is 0 Å². The van der Waals surface area contributed by atoms with Crippen molar-refractivity contribution in [1.82, 2.24) is 0 Å². The summed E-state index contributed by atoms with van der Waals surface area (Å²) in [7, 11) is 0. The zero-order valence-corrected chi connectivity index (χ0v) is 7.77. The van der Waals surface area contributed by atoms with E-state index in [2.05, 4.69) is 20.8 Å². The lowest BCUT2D eigenvalue weighted by Crippen LogP contribution is -2.29. The summed E-state index contributed by atoms with van der Waals surface area (Å²) in [5.74, 6) is 0.773. The summed E-state index contributed by atoms with van der Waals surface area (Å²) in [5.41, 5.74) is 1.44. The SMILES string of the molecule is CC1=CC(=O)CC(C)C1(C)C. The van der Waals surface area contributed by atoms with Crippen molar-refractivity contribution in [3.05, 3.63) is 11.6 Å². The number of hydrogen-bond donors (Lipinski definition) is 0. The van der Waals surface area contributed by atoms with E-state index in [-0.39, 0.29) is 11.2 Å². The van der Waals surface area contributed by atoms with E-state index >= 15 is 0 Å². The molecular formula is C10H16O. The first-order valence-electron chi connectivity index (χ1n) is 4.16. The molecule has 1 aliphatic rings. The molecule has 1 unspecified atom stereocenters. The van der Waals surface area contributed by atoms with Gasteiger partial charge < -0.3 is 0 Å². The molecular weight excluding hydrogens is 136 g/mol. The molecule has 1 atom stereocenters. The summed E-state index contributed by atoms with van der Waals surface area (Å²) in [4.78, 5) is 11.1. The highest BCUT2D eigenvalue weighted by Crippen LogP contribution is 2.39. The van der Waals surface area contributed by atoms with Crippen LogP contribution in [0.25, 0.3) is 0 Å². The van der Waals surface area contributed by atoms with Crippen LogP contribution in [0.1, 0.15) is 34.1 Å². The lowest BCUT2D eigenvalue weighted by Gasteiger charge is -2.35. The van der Waals surface area contributed by atoms with E-state index in [9.17, 15) is 4.79 Å². The number of carbonyl (C=O) groups excluding carboxylic acids is 1.